The van der Waals surface area contributed by atoms with Gasteiger partial charge < -0.3 is 9.30 Å². The number of ether oxygens (including phenoxy) is 1. The highest BCUT2D eigenvalue weighted by Crippen LogP contribution is 2.31. The SMILES string of the molecule is COC(=O)C=Cc1cc(C)n(-c2cccc(Cl)c2Cl)c1C. The Bertz CT molecular complexity index is 717. The van der Waals surface area contributed by atoms with Crippen LogP contribution in [0.1, 0.15) is 17.0 Å². The van der Waals surface area contributed by atoms with E-state index in [1.54, 1.807) is 12.1 Å². The van der Waals surface area contributed by atoms with E-state index in [-0.39, 0.29) is 5.97 Å². The van der Waals surface area contributed by atoms with E-state index in [9.17, 15) is 4.79 Å². The molecule has 21 heavy (non-hydrogen) atoms. The minimum Gasteiger partial charge on any atom is -0.466 e. The first-order chi connectivity index (χ1) is 9.95. The third-order valence-electron chi connectivity index (χ3n) is 3.24. The van der Waals surface area contributed by atoms with Gasteiger partial charge in [-0.05, 0) is 43.7 Å². The van der Waals surface area contributed by atoms with Gasteiger partial charge in [0.05, 0.1) is 22.8 Å². The first-order valence-corrected chi connectivity index (χ1v) is 7.10. The Morgan fingerprint density at radius 3 is 2.67 bits per heavy atom. The maximum absolute atomic E-state index is 11.2. The number of carbonyl (C=O) groups is 1. The Balaban J connectivity index is 2.52. The maximum Gasteiger partial charge on any atom is 0.330 e. The summed E-state index contributed by atoms with van der Waals surface area (Å²) in [5.41, 5.74) is 3.71. The molecule has 0 saturated carbocycles. The topological polar surface area (TPSA) is 31.2 Å². The van der Waals surface area contributed by atoms with Gasteiger partial charge in [-0.1, -0.05) is 29.3 Å². The molecule has 0 N–H and O–H groups in total. The van der Waals surface area contributed by atoms with Gasteiger partial charge >= 0.3 is 5.97 Å². The number of halogens is 2. The minimum absolute atomic E-state index is 0.388. The first-order valence-electron chi connectivity index (χ1n) is 6.35. The van der Waals surface area contributed by atoms with Crippen LogP contribution in [-0.4, -0.2) is 17.6 Å². The predicted molar refractivity (Wildman–Crippen MR) is 86.3 cm³/mol. The smallest absolute Gasteiger partial charge is 0.330 e. The highest BCUT2D eigenvalue weighted by Gasteiger charge is 2.13. The molecule has 1 aromatic carbocycles. The summed E-state index contributed by atoms with van der Waals surface area (Å²) >= 11 is 12.4. The van der Waals surface area contributed by atoms with E-state index in [0.29, 0.717) is 10.0 Å². The van der Waals surface area contributed by atoms with Crippen molar-refractivity contribution < 1.29 is 9.53 Å². The number of hydrogen-bond acceptors (Lipinski definition) is 2. The molecule has 2 aromatic rings. The van der Waals surface area contributed by atoms with Crippen LogP contribution in [0.3, 0.4) is 0 Å². The Morgan fingerprint density at radius 2 is 2.00 bits per heavy atom. The van der Waals surface area contributed by atoms with E-state index in [0.717, 1.165) is 22.6 Å². The second kappa shape index (κ2) is 6.37. The molecule has 5 heteroatoms. The van der Waals surface area contributed by atoms with Crippen LogP contribution in [0.5, 0.6) is 0 Å². The van der Waals surface area contributed by atoms with Gasteiger partial charge in [-0.3, -0.25) is 0 Å². The summed E-state index contributed by atoms with van der Waals surface area (Å²) in [6.45, 7) is 3.93. The van der Waals surface area contributed by atoms with Crippen molar-refractivity contribution in [1.29, 1.82) is 0 Å². The standard InChI is InChI=1S/C16H15Cl2NO2/c1-10-9-12(7-8-15(20)21-3)11(2)19(10)14-6-4-5-13(17)16(14)18/h4-9H,1-3H3. The van der Waals surface area contributed by atoms with Crippen molar-refractivity contribution in [2.45, 2.75) is 13.8 Å². The molecule has 2 rings (SSSR count). The highest BCUT2D eigenvalue weighted by atomic mass is 35.5. The van der Waals surface area contributed by atoms with Crippen molar-refractivity contribution >= 4 is 35.2 Å². The highest BCUT2D eigenvalue weighted by molar-refractivity contribution is 6.43. The number of methoxy groups -OCH3 is 1. The molecule has 0 spiro atoms. The number of benzene rings is 1. The summed E-state index contributed by atoms with van der Waals surface area (Å²) in [7, 11) is 1.35. The fourth-order valence-corrected chi connectivity index (χ4v) is 2.60. The molecule has 110 valence electrons. The number of nitrogens with zero attached hydrogens (tertiary/aromatic N) is 1. The third-order valence-corrected chi connectivity index (χ3v) is 4.05. The van der Waals surface area contributed by atoms with Gasteiger partial charge in [0.15, 0.2) is 0 Å². The normalized spacial score (nSPS) is 11.1. The average molecular weight is 324 g/mol. The van der Waals surface area contributed by atoms with Crippen LogP contribution in [0.15, 0.2) is 30.3 Å². The number of aromatic nitrogens is 1. The predicted octanol–water partition coefficient (Wildman–Crippen LogP) is 4.59. The lowest BCUT2D eigenvalue weighted by atomic mass is 10.2. The zero-order valence-electron chi connectivity index (χ0n) is 12.0. The summed E-state index contributed by atoms with van der Waals surface area (Å²) in [5.74, 6) is -0.388. The molecule has 0 aliphatic rings. The monoisotopic (exact) mass is 323 g/mol. The number of hydrogen-bond donors (Lipinski definition) is 0. The van der Waals surface area contributed by atoms with Crippen molar-refractivity contribution in [3.8, 4) is 5.69 Å². The van der Waals surface area contributed by atoms with Crippen molar-refractivity contribution in [2.75, 3.05) is 7.11 Å². The lowest BCUT2D eigenvalue weighted by Gasteiger charge is -2.12. The summed E-state index contributed by atoms with van der Waals surface area (Å²) in [4.78, 5) is 11.2. The largest absolute Gasteiger partial charge is 0.466 e. The van der Waals surface area contributed by atoms with Crippen molar-refractivity contribution in [2.24, 2.45) is 0 Å². The maximum atomic E-state index is 11.2. The first kappa shape index (κ1) is 15.7. The van der Waals surface area contributed by atoms with Crippen LogP contribution in [0, 0.1) is 13.8 Å². The van der Waals surface area contributed by atoms with E-state index in [2.05, 4.69) is 4.74 Å². The molecule has 1 heterocycles. The van der Waals surface area contributed by atoms with E-state index >= 15 is 0 Å². The molecule has 0 amide bonds. The van der Waals surface area contributed by atoms with Crippen LogP contribution < -0.4 is 0 Å². The molecule has 0 saturated heterocycles. The van der Waals surface area contributed by atoms with Crippen molar-refractivity contribution in [1.82, 2.24) is 4.57 Å². The lowest BCUT2D eigenvalue weighted by molar-refractivity contribution is -0.134. The molecule has 3 nitrogen and oxygen atoms in total. The van der Waals surface area contributed by atoms with Crippen molar-refractivity contribution in [3.63, 3.8) is 0 Å². The van der Waals surface area contributed by atoms with Gasteiger partial charge in [0.25, 0.3) is 0 Å². The summed E-state index contributed by atoms with van der Waals surface area (Å²) in [5, 5.41) is 1.01. The Hall–Kier alpha value is -1.71. The van der Waals surface area contributed by atoms with Crippen molar-refractivity contribution in [3.05, 3.63) is 57.3 Å². The quantitative estimate of drug-likeness (QED) is 0.611. The van der Waals surface area contributed by atoms with Gasteiger partial charge in [0.2, 0.25) is 0 Å². The van der Waals surface area contributed by atoms with Gasteiger partial charge in [-0.25, -0.2) is 4.79 Å². The molecular weight excluding hydrogens is 309 g/mol. The van der Waals surface area contributed by atoms with Gasteiger partial charge in [0, 0.05) is 17.5 Å². The number of carbonyl (C=O) groups excluding carboxylic acids is 1. The van der Waals surface area contributed by atoms with E-state index < -0.39 is 0 Å². The average Bonchev–Trinajstić information content (AvgIpc) is 2.74. The number of esters is 1. The molecule has 0 radical (unpaired) electrons. The fourth-order valence-electron chi connectivity index (χ4n) is 2.22. The molecule has 0 atom stereocenters. The van der Waals surface area contributed by atoms with Crippen LogP contribution in [-0.2, 0) is 9.53 Å². The molecular formula is C16H15Cl2NO2. The molecule has 0 fully saturated rings. The zero-order valence-corrected chi connectivity index (χ0v) is 13.5. The van der Waals surface area contributed by atoms with E-state index in [1.165, 1.54) is 13.2 Å². The Kier molecular flexibility index (Phi) is 4.76. The lowest BCUT2D eigenvalue weighted by Crippen LogP contribution is -2.00. The second-order valence-electron chi connectivity index (χ2n) is 4.59. The molecule has 1 aromatic heterocycles. The summed E-state index contributed by atoms with van der Waals surface area (Å²) in [6, 6.07) is 7.49. The molecule has 0 aliphatic carbocycles. The summed E-state index contributed by atoms with van der Waals surface area (Å²) < 4.78 is 6.60. The third kappa shape index (κ3) is 3.14. The summed E-state index contributed by atoms with van der Waals surface area (Å²) in [6.07, 6.45) is 3.12. The fraction of sp³-hybridized carbons (Fsp3) is 0.188. The van der Waals surface area contributed by atoms with Crippen LogP contribution in [0.2, 0.25) is 10.0 Å². The second-order valence-corrected chi connectivity index (χ2v) is 5.38. The Labute approximate surface area is 133 Å². The molecule has 0 unspecified atom stereocenters. The number of aryl methyl sites for hydroxylation is 1. The molecule has 0 aliphatic heterocycles. The van der Waals surface area contributed by atoms with E-state index in [4.69, 9.17) is 23.2 Å². The van der Waals surface area contributed by atoms with E-state index in [1.807, 2.05) is 36.6 Å². The minimum atomic E-state index is -0.388. The van der Waals surface area contributed by atoms with Gasteiger partial charge in [-0.15, -0.1) is 0 Å². The van der Waals surface area contributed by atoms with Crippen LogP contribution >= 0.6 is 23.2 Å². The Morgan fingerprint density at radius 1 is 1.29 bits per heavy atom. The van der Waals surface area contributed by atoms with Gasteiger partial charge in [0.1, 0.15) is 0 Å². The van der Waals surface area contributed by atoms with Crippen LogP contribution in [0.25, 0.3) is 11.8 Å². The molecule has 0 bridgehead atoms. The zero-order chi connectivity index (χ0) is 15.6. The van der Waals surface area contributed by atoms with Gasteiger partial charge in [-0.2, -0.15) is 0 Å². The van der Waals surface area contributed by atoms with Crippen LogP contribution in [0.4, 0.5) is 0 Å². The number of rotatable bonds is 3.